The Balaban J connectivity index is 0.00000499. The SMILES string of the molecule is CC(C)(C)c1ccc(-n2cc(Oc3[c-]c(-n4c5ncccc5n5c6ccccc6nc45)ccc3)nc2-c2cc(C(C)(C)C)cc(C(C)(C)C)c2O)c(-c2ccccc2)c1.[Pt]. The molecule has 0 aliphatic heterocycles. The van der Waals surface area contributed by atoms with Crippen LogP contribution in [0.25, 0.3) is 61.9 Å². The minimum absolute atomic E-state index is 0. The zero-order valence-corrected chi connectivity index (χ0v) is 37.8. The smallest absolute Gasteiger partial charge is 0.236 e. The third-order valence-corrected chi connectivity index (χ3v) is 11.1. The van der Waals surface area contributed by atoms with Crippen molar-refractivity contribution in [3.63, 3.8) is 0 Å². The molecule has 0 spiro atoms. The molecule has 0 bridgehead atoms. The van der Waals surface area contributed by atoms with Gasteiger partial charge in [0, 0.05) is 44.1 Å². The number of aromatic hydroxyl groups is 1. The standard InChI is InChI=1S/C51H49N6O2.Pt/c1-49(2,3)33-24-25-41(37(27-33)32-17-11-10-12-18-32)55-31-44(54-46(55)38-28-34(50(4,5)6)29-39(45(38)58)51(7,8)9)59-36-20-15-19-35(30-36)56-47-43(23-16-26-52-47)57-42-22-14-13-21-40(42)53-48(56)57;/h10-29,31,58H,1-9H3;/q-1;. The van der Waals surface area contributed by atoms with Crippen molar-refractivity contribution in [2.24, 2.45) is 0 Å². The molecule has 9 aromatic rings. The van der Waals surface area contributed by atoms with Gasteiger partial charge in [-0.1, -0.05) is 123 Å². The van der Waals surface area contributed by atoms with E-state index in [9.17, 15) is 5.11 Å². The van der Waals surface area contributed by atoms with E-state index in [1.165, 1.54) is 5.56 Å². The monoisotopic (exact) mass is 972 g/mol. The molecule has 0 unspecified atom stereocenters. The van der Waals surface area contributed by atoms with Gasteiger partial charge in [-0.25, -0.2) is 9.97 Å². The number of pyridine rings is 1. The molecule has 4 aromatic heterocycles. The summed E-state index contributed by atoms with van der Waals surface area (Å²) in [5, 5.41) is 12.2. The van der Waals surface area contributed by atoms with Gasteiger partial charge in [-0.2, -0.15) is 11.1 Å². The van der Waals surface area contributed by atoms with Gasteiger partial charge in [-0.15, -0.1) is 18.2 Å². The van der Waals surface area contributed by atoms with Crippen LogP contribution >= 0.6 is 0 Å². The Hall–Kier alpha value is -5.98. The number of hydrogen-bond acceptors (Lipinski definition) is 5. The maximum absolute atomic E-state index is 12.2. The summed E-state index contributed by atoms with van der Waals surface area (Å²) in [4.78, 5) is 15.0. The van der Waals surface area contributed by atoms with Crippen LogP contribution in [0.15, 0.2) is 128 Å². The fourth-order valence-corrected chi connectivity index (χ4v) is 7.84. The van der Waals surface area contributed by atoms with Crippen LogP contribution in [-0.4, -0.2) is 33.6 Å². The van der Waals surface area contributed by atoms with Gasteiger partial charge in [0.1, 0.15) is 5.75 Å². The summed E-state index contributed by atoms with van der Waals surface area (Å²) in [7, 11) is 0. The third-order valence-electron chi connectivity index (χ3n) is 11.1. The Morgan fingerprint density at radius 1 is 0.650 bits per heavy atom. The molecule has 306 valence electrons. The summed E-state index contributed by atoms with van der Waals surface area (Å²) in [6.45, 7) is 19.7. The fraction of sp³-hybridized carbons (Fsp3) is 0.235. The van der Waals surface area contributed by atoms with Crippen molar-refractivity contribution >= 4 is 28.0 Å². The molecule has 0 atom stereocenters. The van der Waals surface area contributed by atoms with Crippen LogP contribution in [0.4, 0.5) is 0 Å². The number of imidazole rings is 3. The largest absolute Gasteiger partial charge is 0.507 e. The Labute approximate surface area is 365 Å². The molecule has 8 nitrogen and oxygen atoms in total. The van der Waals surface area contributed by atoms with Crippen LogP contribution < -0.4 is 4.74 Å². The summed E-state index contributed by atoms with van der Waals surface area (Å²) < 4.78 is 12.9. The molecule has 0 radical (unpaired) electrons. The average Bonchev–Trinajstić information content (AvgIpc) is 3.88. The summed E-state index contributed by atoms with van der Waals surface area (Å²) in [6.07, 6.45) is 3.71. The summed E-state index contributed by atoms with van der Waals surface area (Å²) in [5.41, 5.74) is 10.6. The number of hydrogen-bond donors (Lipinski definition) is 1. The molecule has 0 fully saturated rings. The zero-order chi connectivity index (χ0) is 41.4. The predicted octanol–water partition coefficient (Wildman–Crippen LogP) is 12.5. The van der Waals surface area contributed by atoms with Crippen LogP contribution in [0.5, 0.6) is 17.4 Å². The van der Waals surface area contributed by atoms with Crippen LogP contribution in [0.1, 0.15) is 79.0 Å². The van der Waals surface area contributed by atoms with Gasteiger partial charge in [0.05, 0.1) is 34.0 Å². The first-order valence-corrected chi connectivity index (χ1v) is 20.2. The Morgan fingerprint density at radius 2 is 1.35 bits per heavy atom. The summed E-state index contributed by atoms with van der Waals surface area (Å²) in [6, 6.07) is 42.7. The number of ether oxygens (including phenoxy) is 1. The predicted molar refractivity (Wildman–Crippen MR) is 238 cm³/mol. The van der Waals surface area contributed by atoms with E-state index in [2.05, 4.69) is 144 Å². The van der Waals surface area contributed by atoms with Crippen LogP contribution in [0.2, 0.25) is 0 Å². The minimum atomic E-state index is -0.334. The van der Waals surface area contributed by atoms with E-state index in [1.54, 1.807) is 6.20 Å². The number of aromatic nitrogens is 6. The fourth-order valence-electron chi connectivity index (χ4n) is 7.84. The van der Waals surface area contributed by atoms with Gasteiger partial charge in [-0.3, -0.25) is 13.5 Å². The number of nitrogens with zero attached hydrogens (tertiary/aromatic N) is 6. The molecule has 1 N–H and O–H groups in total. The van der Waals surface area contributed by atoms with Gasteiger partial charge in [-0.05, 0) is 75.4 Å². The number of benzene rings is 5. The van der Waals surface area contributed by atoms with E-state index in [-0.39, 0.29) is 43.1 Å². The molecule has 0 saturated heterocycles. The number of phenols is 1. The van der Waals surface area contributed by atoms with E-state index in [0.717, 1.165) is 61.6 Å². The van der Waals surface area contributed by atoms with Gasteiger partial charge >= 0.3 is 0 Å². The normalized spacial score (nSPS) is 12.3. The van der Waals surface area contributed by atoms with Crippen molar-refractivity contribution in [1.29, 1.82) is 0 Å². The molecule has 0 saturated carbocycles. The number of phenolic OH excluding ortho intramolecular Hbond substituents is 1. The Morgan fingerprint density at radius 3 is 2.08 bits per heavy atom. The number of fused-ring (bicyclic) bond motifs is 5. The third kappa shape index (κ3) is 7.21. The molecule has 0 amide bonds. The van der Waals surface area contributed by atoms with Crippen LogP contribution in [0.3, 0.4) is 0 Å². The first-order valence-electron chi connectivity index (χ1n) is 20.2. The van der Waals surface area contributed by atoms with Crippen molar-refractivity contribution in [1.82, 2.24) is 28.5 Å². The van der Waals surface area contributed by atoms with Gasteiger partial charge in [0.2, 0.25) is 11.7 Å². The maximum atomic E-state index is 12.2. The molecular weight excluding hydrogens is 924 g/mol. The van der Waals surface area contributed by atoms with Crippen molar-refractivity contribution < 1.29 is 30.9 Å². The topological polar surface area (TPSA) is 82.4 Å². The molecule has 60 heavy (non-hydrogen) atoms. The molecule has 0 aliphatic rings. The average molecular weight is 973 g/mol. The quantitative estimate of drug-likeness (QED) is 0.168. The molecule has 9 heteroatoms. The number of para-hydroxylation sites is 2. The van der Waals surface area contributed by atoms with Crippen molar-refractivity contribution in [2.45, 2.75) is 78.6 Å². The van der Waals surface area contributed by atoms with Gasteiger partial charge in [0.15, 0.2) is 11.5 Å². The number of rotatable bonds is 6. The second-order valence-electron chi connectivity index (χ2n) is 18.5. The molecular formula is C51H49N6O2Pt-. The first kappa shape index (κ1) is 40.8. The van der Waals surface area contributed by atoms with E-state index >= 15 is 0 Å². The van der Waals surface area contributed by atoms with Crippen LogP contribution in [-0.2, 0) is 37.3 Å². The Kier molecular flexibility index (Phi) is 10.1. The zero-order valence-electron chi connectivity index (χ0n) is 35.5. The van der Waals surface area contributed by atoms with E-state index in [4.69, 9.17) is 19.7 Å². The Bertz CT molecular complexity index is 3050. The van der Waals surface area contributed by atoms with Crippen molar-refractivity contribution in [3.8, 4) is 51.3 Å². The maximum Gasteiger partial charge on any atom is 0.236 e. The first-order chi connectivity index (χ1) is 28.1. The summed E-state index contributed by atoms with van der Waals surface area (Å²) in [5.74, 6) is 2.33. The molecule has 5 aromatic carbocycles. The van der Waals surface area contributed by atoms with Gasteiger partial charge in [0.25, 0.3) is 0 Å². The molecule has 4 heterocycles. The van der Waals surface area contributed by atoms with E-state index in [0.29, 0.717) is 23.0 Å². The molecule has 9 rings (SSSR count). The van der Waals surface area contributed by atoms with E-state index in [1.807, 2.05) is 59.3 Å². The minimum Gasteiger partial charge on any atom is -0.507 e. The van der Waals surface area contributed by atoms with Crippen molar-refractivity contribution in [2.75, 3.05) is 0 Å². The van der Waals surface area contributed by atoms with Crippen LogP contribution in [0, 0.1) is 6.07 Å². The second kappa shape index (κ2) is 14.9. The summed E-state index contributed by atoms with van der Waals surface area (Å²) >= 11 is 0. The van der Waals surface area contributed by atoms with E-state index < -0.39 is 0 Å². The molecule has 0 aliphatic carbocycles. The van der Waals surface area contributed by atoms with Crippen molar-refractivity contribution in [3.05, 3.63) is 150 Å². The second-order valence-corrected chi connectivity index (χ2v) is 18.5. The van der Waals surface area contributed by atoms with Gasteiger partial charge < -0.3 is 9.84 Å².